The van der Waals surface area contributed by atoms with Crippen molar-refractivity contribution >= 4 is 0 Å². The Bertz CT molecular complexity index is 249. The maximum Gasteiger partial charge on any atom is 0.115 e. The van der Waals surface area contributed by atoms with Gasteiger partial charge in [0.2, 0.25) is 0 Å². The molecule has 15 heavy (non-hydrogen) atoms. The zero-order valence-electron chi connectivity index (χ0n) is 10.5. The second-order valence-electron chi connectivity index (χ2n) is 6.55. The van der Waals surface area contributed by atoms with Crippen LogP contribution in [0.5, 0.6) is 0 Å². The molecule has 0 aromatic rings. The van der Waals surface area contributed by atoms with Gasteiger partial charge in [-0.05, 0) is 45.4 Å². The Labute approximate surface area is 93.0 Å². The van der Waals surface area contributed by atoms with Gasteiger partial charge >= 0.3 is 0 Å². The average molecular weight is 213 g/mol. The van der Waals surface area contributed by atoms with Gasteiger partial charge in [-0.1, -0.05) is 13.8 Å². The predicted molar refractivity (Wildman–Crippen MR) is 61.7 cm³/mol. The molecule has 2 heterocycles. The molecule has 0 bridgehead atoms. The highest BCUT2D eigenvalue weighted by atomic mass is 19.1. The van der Waals surface area contributed by atoms with Gasteiger partial charge in [-0.3, -0.25) is 4.90 Å². The van der Waals surface area contributed by atoms with Crippen LogP contribution in [0.3, 0.4) is 0 Å². The summed E-state index contributed by atoms with van der Waals surface area (Å²) in [6.45, 7) is 9.72. The number of nitrogens with zero attached hydrogens (tertiary/aromatic N) is 1. The molecule has 0 unspecified atom stereocenters. The Morgan fingerprint density at radius 1 is 1.33 bits per heavy atom. The Morgan fingerprint density at radius 3 is 2.60 bits per heavy atom. The molecule has 0 aliphatic carbocycles. The van der Waals surface area contributed by atoms with Crippen LogP contribution >= 0.6 is 0 Å². The summed E-state index contributed by atoms with van der Waals surface area (Å²) >= 11 is 0. The molecular formula is C13H24FN. The summed E-state index contributed by atoms with van der Waals surface area (Å²) in [4.78, 5) is 2.46. The van der Waals surface area contributed by atoms with Gasteiger partial charge in [0.05, 0.1) is 0 Å². The van der Waals surface area contributed by atoms with Crippen LogP contribution in [0.4, 0.5) is 4.39 Å². The Kier molecular flexibility index (Phi) is 2.61. The number of halogens is 1. The average Bonchev–Trinajstić information content (AvgIpc) is 2.49. The third kappa shape index (κ3) is 1.82. The molecule has 2 fully saturated rings. The Hall–Kier alpha value is -0.110. The maximum absolute atomic E-state index is 13.6. The van der Waals surface area contributed by atoms with Crippen LogP contribution in [0.1, 0.15) is 53.4 Å². The van der Waals surface area contributed by atoms with Crippen molar-refractivity contribution < 1.29 is 4.39 Å². The quantitative estimate of drug-likeness (QED) is 0.679. The molecule has 0 aromatic heterocycles. The molecule has 0 saturated carbocycles. The fraction of sp³-hybridized carbons (Fsp3) is 1.00. The second kappa shape index (κ2) is 3.44. The Balaban J connectivity index is 2.22. The molecule has 0 amide bonds. The minimum absolute atomic E-state index is 0.192. The first-order valence-electron chi connectivity index (χ1n) is 6.28. The van der Waals surface area contributed by atoms with E-state index in [-0.39, 0.29) is 11.1 Å². The van der Waals surface area contributed by atoms with Crippen LogP contribution in [0, 0.1) is 5.92 Å². The summed E-state index contributed by atoms with van der Waals surface area (Å²) in [5, 5.41) is 0. The minimum Gasteiger partial charge on any atom is -0.290 e. The first kappa shape index (κ1) is 11.4. The van der Waals surface area contributed by atoms with Gasteiger partial charge < -0.3 is 0 Å². The van der Waals surface area contributed by atoms with Gasteiger partial charge in [0, 0.05) is 17.6 Å². The molecule has 0 spiro atoms. The van der Waals surface area contributed by atoms with Crippen molar-refractivity contribution in [2.24, 2.45) is 5.92 Å². The topological polar surface area (TPSA) is 3.24 Å². The second-order valence-corrected chi connectivity index (χ2v) is 6.55. The van der Waals surface area contributed by atoms with Crippen molar-refractivity contribution in [1.29, 1.82) is 0 Å². The fourth-order valence-corrected chi connectivity index (χ4v) is 3.83. The molecule has 2 rings (SSSR count). The lowest BCUT2D eigenvalue weighted by molar-refractivity contribution is 0.0817. The molecule has 0 N–H and O–H groups in total. The summed E-state index contributed by atoms with van der Waals surface area (Å²) < 4.78 is 13.6. The van der Waals surface area contributed by atoms with Crippen molar-refractivity contribution in [3.8, 4) is 0 Å². The van der Waals surface area contributed by atoms with Crippen molar-refractivity contribution in [1.82, 2.24) is 4.90 Å². The normalized spacial score (nSPS) is 40.0. The lowest BCUT2D eigenvalue weighted by Crippen LogP contribution is -2.47. The van der Waals surface area contributed by atoms with Gasteiger partial charge in [0.25, 0.3) is 0 Å². The molecular weight excluding hydrogens is 189 g/mol. The van der Waals surface area contributed by atoms with E-state index in [0.717, 1.165) is 12.8 Å². The highest BCUT2D eigenvalue weighted by Gasteiger charge is 2.55. The van der Waals surface area contributed by atoms with Crippen LogP contribution in [-0.2, 0) is 0 Å². The molecule has 0 radical (unpaired) electrons. The van der Waals surface area contributed by atoms with E-state index >= 15 is 0 Å². The third-order valence-corrected chi connectivity index (χ3v) is 4.28. The molecule has 2 heteroatoms. The molecule has 2 aliphatic rings. The fourth-order valence-electron chi connectivity index (χ4n) is 3.83. The number of hydrogen-bond donors (Lipinski definition) is 0. The van der Waals surface area contributed by atoms with E-state index in [2.05, 4.69) is 32.6 Å². The van der Waals surface area contributed by atoms with E-state index in [0.29, 0.717) is 12.5 Å². The highest BCUT2D eigenvalue weighted by molar-refractivity contribution is 5.10. The smallest absolute Gasteiger partial charge is 0.115 e. The van der Waals surface area contributed by atoms with Crippen LogP contribution in [0.15, 0.2) is 0 Å². The van der Waals surface area contributed by atoms with Crippen molar-refractivity contribution in [2.75, 3.05) is 6.54 Å². The van der Waals surface area contributed by atoms with E-state index in [1.165, 1.54) is 12.8 Å². The minimum atomic E-state index is -0.594. The van der Waals surface area contributed by atoms with Gasteiger partial charge in [-0.15, -0.1) is 0 Å². The standard InChI is InChI=1S/C13H24FN/c1-10(2)7-13-6-5-12(3,4)15(13)9-11(14)8-13/h10-11H,5-9H2,1-4H3/t11-,13-/m1/s1. The summed E-state index contributed by atoms with van der Waals surface area (Å²) in [7, 11) is 0. The lowest BCUT2D eigenvalue weighted by Gasteiger charge is -2.39. The van der Waals surface area contributed by atoms with Crippen molar-refractivity contribution in [3.63, 3.8) is 0 Å². The van der Waals surface area contributed by atoms with E-state index in [1.54, 1.807) is 0 Å². The lowest BCUT2D eigenvalue weighted by atomic mass is 9.85. The molecule has 2 saturated heterocycles. The molecule has 1 nitrogen and oxygen atoms in total. The maximum atomic E-state index is 13.6. The van der Waals surface area contributed by atoms with E-state index < -0.39 is 6.17 Å². The van der Waals surface area contributed by atoms with E-state index in [1.807, 2.05) is 0 Å². The van der Waals surface area contributed by atoms with Crippen LogP contribution in [-0.4, -0.2) is 28.7 Å². The van der Waals surface area contributed by atoms with E-state index in [4.69, 9.17) is 0 Å². The number of hydrogen-bond acceptors (Lipinski definition) is 1. The van der Waals surface area contributed by atoms with Gasteiger partial charge in [-0.2, -0.15) is 0 Å². The van der Waals surface area contributed by atoms with Crippen LogP contribution in [0.25, 0.3) is 0 Å². The Morgan fingerprint density at radius 2 is 2.00 bits per heavy atom. The van der Waals surface area contributed by atoms with Gasteiger partial charge in [-0.25, -0.2) is 4.39 Å². The summed E-state index contributed by atoms with van der Waals surface area (Å²) in [6.07, 6.45) is 3.76. The number of fused-ring (bicyclic) bond motifs is 1. The van der Waals surface area contributed by atoms with E-state index in [9.17, 15) is 4.39 Å². The monoisotopic (exact) mass is 213 g/mol. The first-order chi connectivity index (χ1) is 6.86. The SMILES string of the molecule is CC(C)C[C@@]12CCC(C)(C)N1C[C@H](F)C2. The van der Waals surface area contributed by atoms with Crippen LogP contribution in [0.2, 0.25) is 0 Å². The zero-order valence-corrected chi connectivity index (χ0v) is 10.5. The predicted octanol–water partition coefficient (Wildman–Crippen LogP) is 3.39. The summed E-state index contributed by atoms with van der Waals surface area (Å²) in [5.74, 6) is 0.673. The summed E-state index contributed by atoms with van der Waals surface area (Å²) in [5.41, 5.74) is 0.410. The third-order valence-electron chi connectivity index (χ3n) is 4.28. The molecule has 0 aromatic carbocycles. The first-order valence-corrected chi connectivity index (χ1v) is 6.28. The number of alkyl halides is 1. The van der Waals surface area contributed by atoms with Crippen molar-refractivity contribution in [3.05, 3.63) is 0 Å². The molecule has 88 valence electrons. The zero-order chi connectivity index (χ0) is 11.3. The van der Waals surface area contributed by atoms with Crippen LogP contribution < -0.4 is 0 Å². The van der Waals surface area contributed by atoms with Gasteiger partial charge in [0.15, 0.2) is 0 Å². The summed E-state index contributed by atoms with van der Waals surface area (Å²) in [6, 6.07) is 0. The van der Waals surface area contributed by atoms with Gasteiger partial charge in [0.1, 0.15) is 6.17 Å². The number of rotatable bonds is 2. The largest absolute Gasteiger partial charge is 0.290 e. The van der Waals surface area contributed by atoms with Crippen molar-refractivity contribution in [2.45, 2.75) is 70.6 Å². The molecule has 2 atom stereocenters. The molecule has 2 aliphatic heterocycles. The highest BCUT2D eigenvalue weighted by Crippen LogP contribution is 2.50.